The van der Waals surface area contributed by atoms with Gasteiger partial charge in [-0.3, -0.25) is 14.4 Å². The summed E-state index contributed by atoms with van der Waals surface area (Å²) in [6.07, 6.45) is 4.27. The molecule has 4 nitrogen and oxygen atoms in total. The number of ketones is 3. The van der Waals surface area contributed by atoms with Crippen LogP contribution in [0, 0.1) is 0 Å². The molecule has 4 aromatic rings. The fourth-order valence-corrected chi connectivity index (χ4v) is 5.91. The van der Waals surface area contributed by atoms with Crippen molar-refractivity contribution in [3.05, 3.63) is 135 Å². The fourth-order valence-electron chi connectivity index (χ4n) is 5.61. The lowest BCUT2D eigenvalue weighted by Crippen LogP contribution is -2.01. The highest BCUT2D eigenvalue weighted by Crippen LogP contribution is 2.41. The Balaban J connectivity index is 1.25. The number of carbonyl (C=O) groups is 3. The minimum Gasteiger partial charge on any atom is -0.507 e. The Bertz CT molecular complexity index is 1880. The molecular weight excluding hydrogens is 496 g/mol. The molecule has 3 aliphatic rings. The van der Waals surface area contributed by atoms with Gasteiger partial charge in [0.15, 0.2) is 17.3 Å². The number of carbonyl (C=O) groups excluding carboxylic acids is 3. The SMILES string of the molecule is O=C1C(=CC2=C(Cl)C(=CC3=C(O)c4cc5ccccc5cc4C3=O)CC2)C(=O)c2cc3ccccc3cc21. The summed E-state index contributed by atoms with van der Waals surface area (Å²) in [7, 11) is 0. The van der Waals surface area contributed by atoms with Crippen molar-refractivity contribution in [2.24, 2.45) is 0 Å². The lowest BCUT2D eigenvalue weighted by molar-refractivity contribution is 0.0986. The van der Waals surface area contributed by atoms with E-state index in [9.17, 15) is 19.5 Å². The summed E-state index contributed by atoms with van der Waals surface area (Å²) < 4.78 is 0. The van der Waals surface area contributed by atoms with Crippen molar-refractivity contribution in [2.75, 3.05) is 0 Å². The largest absolute Gasteiger partial charge is 0.507 e. The first-order chi connectivity index (χ1) is 18.4. The number of fused-ring (bicyclic) bond motifs is 4. The Morgan fingerprint density at radius 2 is 1.11 bits per heavy atom. The summed E-state index contributed by atoms with van der Waals surface area (Å²) in [5.74, 6) is -0.933. The number of aliphatic hydroxyl groups is 1. The van der Waals surface area contributed by atoms with Gasteiger partial charge in [0.05, 0.1) is 11.1 Å². The van der Waals surface area contributed by atoms with E-state index in [0.29, 0.717) is 51.3 Å². The van der Waals surface area contributed by atoms with Gasteiger partial charge in [-0.2, -0.15) is 0 Å². The van der Waals surface area contributed by atoms with E-state index in [0.717, 1.165) is 21.5 Å². The topological polar surface area (TPSA) is 71.4 Å². The molecule has 1 N–H and O–H groups in total. The molecule has 0 spiro atoms. The average molecular weight is 515 g/mol. The Morgan fingerprint density at radius 1 is 0.632 bits per heavy atom. The van der Waals surface area contributed by atoms with Crippen LogP contribution in [0.15, 0.2) is 112 Å². The highest BCUT2D eigenvalue weighted by molar-refractivity contribution is 6.40. The zero-order valence-electron chi connectivity index (χ0n) is 20.0. The zero-order chi connectivity index (χ0) is 26.1. The molecule has 0 aromatic heterocycles. The molecule has 0 saturated carbocycles. The van der Waals surface area contributed by atoms with Gasteiger partial charge in [-0.25, -0.2) is 0 Å². The molecule has 0 bridgehead atoms. The second-order valence-corrected chi connectivity index (χ2v) is 10.2. The molecule has 0 fully saturated rings. The van der Waals surface area contributed by atoms with Crippen LogP contribution in [0.5, 0.6) is 0 Å². The first kappa shape index (κ1) is 22.6. The Kier molecular flexibility index (Phi) is 4.91. The second kappa shape index (κ2) is 8.23. The molecule has 0 unspecified atom stereocenters. The first-order valence-corrected chi connectivity index (χ1v) is 12.7. The zero-order valence-corrected chi connectivity index (χ0v) is 20.8. The quantitative estimate of drug-likeness (QED) is 0.220. The standard InChI is InChI=1S/C33H19ClO4/c34-29-21(15-27-30(35)23-11-17-5-1-2-6-18(17)12-24(23)31(27)36)9-10-22(29)16-28-32(37)25-13-19-7-3-4-8-20(19)14-26(25)33(28)38/h1-8,11-16,35H,9-10H2. The second-order valence-electron chi connectivity index (χ2n) is 9.81. The van der Waals surface area contributed by atoms with Crippen LogP contribution in [-0.4, -0.2) is 22.5 Å². The number of rotatable bonds is 2. The summed E-state index contributed by atoms with van der Waals surface area (Å²) in [5.41, 5.74) is 3.43. The van der Waals surface area contributed by atoms with Crippen molar-refractivity contribution in [1.29, 1.82) is 0 Å². The average Bonchev–Trinajstić information content (AvgIpc) is 3.48. The van der Waals surface area contributed by atoms with Crippen molar-refractivity contribution in [3.63, 3.8) is 0 Å². The van der Waals surface area contributed by atoms with E-state index in [1.165, 1.54) is 0 Å². The Morgan fingerprint density at radius 3 is 1.63 bits per heavy atom. The van der Waals surface area contributed by atoms with E-state index in [1.807, 2.05) is 54.6 Å². The molecule has 5 heteroatoms. The van der Waals surface area contributed by atoms with E-state index < -0.39 is 0 Å². The maximum Gasteiger partial charge on any atom is 0.197 e. The lowest BCUT2D eigenvalue weighted by atomic mass is 10.0. The molecule has 0 heterocycles. The molecule has 0 amide bonds. The van der Waals surface area contributed by atoms with E-state index in [-0.39, 0.29) is 34.3 Å². The molecule has 182 valence electrons. The normalized spacial score (nSPS) is 18.0. The van der Waals surface area contributed by atoms with Gasteiger partial charge in [0, 0.05) is 27.3 Å². The third kappa shape index (κ3) is 3.27. The number of hydrogen-bond acceptors (Lipinski definition) is 4. The highest BCUT2D eigenvalue weighted by atomic mass is 35.5. The maximum atomic E-state index is 13.2. The lowest BCUT2D eigenvalue weighted by Gasteiger charge is -2.02. The fraction of sp³-hybridized carbons (Fsp3) is 0.0606. The summed E-state index contributed by atoms with van der Waals surface area (Å²) in [6.45, 7) is 0. The molecular formula is C33H19ClO4. The third-order valence-corrected chi connectivity index (χ3v) is 8.10. The predicted molar refractivity (Wildman–Crippen MR) is 149 cm³/mol. The van der Waals surface area contributed by atoms with Gasteiger partial charge in [0.2, 0.25) is 0 Å². The van der Waals surface area contributed by atoms with Crippen molar-refractivity contribution < 1.29 is 19.5 Å². The van der Waals surface area contributed by atoms with Crippen LogP contribution in [0.4, 0.5) is 0 Å². The van der Waals surface area contributed by atoms with E-state index in [2.05, 4.69) is 0 Å². The van der Waals surface area contributed by atoms with Crippen molar-refractivity contribution in [1.82, 2.24) is 0 Å². The molecule has 0 radical (unpaired) electrons. The smallest absolute Gasteiger partial charge is 0.197 e. The summed E-state index contributed by atoms with van der Waals surface area (Å²) in [4.78, 5) is 39.5. The monoisotopic (exact) mass is 514 g/mol. The van der Waals surface area contributed by atoms with Gasteiger partial charge in [0.1, 0.15) is 5.76 Å². The molecule has 7 rings (SSSR count). The van der Waals surface area contributed by atoms with Crippen molar-refractivity contribution in [3.8, 4) is 0 Å². The first-order valence-electron chi connectivity index (χ1n) is 12.4. The summed E-state index contributed by atoms with van der Waals surface area (Å²) >= 11 is 6.71. The van der Waals surface area contributed by atoms with Crippen LogP contribution in [0.1, 0.15) is 49.5 Å². The van der Waals surface area contributed by atoms with E-state index >= 15 is 0 Å². The van der Waals surface area contributed by atoms with E-state index in [4.69, 9.17) is 11.6 Å². The van der Waals surface area contributed by atoms with Crippen LogP contribution in [0.25, 0.3) is 27.3 Å². The van der Waals surface area contributed by atoms with Crippen LogP contribution in [-0.2, 0) is 0 Å². The predicted octanol–water partition coefficient (Wildman–Crippen LogP) is 7.68. The number of hydrogen-bond donors (Lipinski definition) is 1. The molecule has 0 saturated heterocycles. The summed E-state index contributed by atoms with van der Waals surface area (Å²) in [6, 6.07) is 22.5. The Hall–Kier alpha value is -4.54. The minimum atomic E-state index is -0.306. The minimum absolute atomic E-state index is 0.0665. The van der Waals surface area contributed by atoms with Crippen LogP contribution >= 0.6 is 11.6 Å². The van der Waals surface area contributed by atoms with Crippen molar-refractivity contribution >= 4 is 56.3 Å². The number of Topliss-reactive ketones (excluding diaryl/α,β-unsaturated/α-hetero) is 3. The molecule has 38 heavy (non-hydrogen) atoms. The van der Waals surface area contributed by atoms with Crippen LogP contribution < -0.4 is 0 Å². The third-order valence-electron chi connectivity index (χ3n) is 7.61. The molecule has 0 aliphatic heterocycles. The van der Waals surface area contributed by atoms with Crippen LogP contribution in [0.2, 0.25) is 0 Å². The maximum absolute atomic E-state index is 13.2. The van der Waals surface area contributed by atoms with Gasteiger partial charge in [-0.1, -0.05) is 60.1 Å². The van der Waals surface area contributed by atoms with Gasteiger partial charge >= 0.3 is 0 Å². The highest BCUT2D eigenvalue weighted by Gasteiger charge is 2.35. The van der Waals surface area contributed by atoms with Crippen molar-refractivity contribution in [2.45, 2.75) is 12.8 Å². The van der Waals surface area contributed by atoms with Crippen LogP contribution in [0.3, 0.4) is 0 Å². The van der Waals surface area contributed by atoms with E-state index in [1.54, 1.807) is 30.4 Å². The van der Waals surface area contributed by atoms with Gasteiger partial charge < -0.3 is 5.11 Å². The van der Waals surface area contributed by atoms with Gasteiger partial charge in [0.25, 0.3) is 0 Å². The van der Waals surface area contributed by atoms with Gasteiger partial charge in [-0.05, 0) is 82.0 Å². The van der Waals surface area contributed by atoms with Gasteiger partial charge in [-0.15, -0.1) is 0 Å². The molecule has 0 atom stereocenters. The Labute approximate surface area is 222 Å². The number of allylic oxidation sites excluding steroid dienone is 7. The summed E-state index contributed by atoms with van der Waals surface area (Å²) in [5, 5.41) is 15.0. The number of benzene rings is 4. The number of aliphatic hydroxyl groups excluding tert-OH is 1. The molecule has 4 aromatic carbocycles. The molecule has 3 aliphatic carbocycles. The number of halogens is 1.